The summed E-state index contributed by atoms with van der Waals surface area (Å²) in [5.74, 6) is 0.563. The smallest absolute Gasteiger partial charge is 0.257 e. The van der Waals surface area contributed by atoms with E-state index in [4.69, 9.17) is 0 Å². The Morgan fingerprint density at radius 2 is 2.05 bits per heavy atom. The van der Waals surface area contributed by atoms with Gasteiger partial charge in [-0.15, -0.1) is 0 Å². The average Bonchev–Trinajstić information content (AvgIpc) is 2.95. The summed E-state index contributed by atoms with van der Waals surface area (Å²) >= 11 is 0. The predicted octanol–water partition coefficient (Wildman–Crippen LogP) is 3.03. The number of H-pyrrole nitrogens is 1. The lowest BCUT2D eigenvalue weighted by Gasteiger charge is -2.09. The van der Waals surface area contributed by atoms with E-state index in [1.165, 1.54) is 0 Å². The zero-order valence-electron chi connectivity index (χ0n) is 12.4. The van der Waals surface area contributed by atoms with Gasteiger partial charge in [-0.1, -0.05) is 0 Å². The van der Waals surface area contributed by atoms with Crippen LogP contribution in [0.2, 0.25) is 0 Å². The van der Waals surface area contributed by atoms with Crippen molar-refractivity contribution in [1.82, 2.24) is 15.2 Å². The summed E-state index contributed by atoms with van der Waals surface area (Å²) in [4.78, 5) is 16.5. The van der Waals surface area contributed by atoms with Crippen LogP contribution in [0.4, 0.5) is 11.5 Å². The molecule has 0 aliphatic heterocycles. The van der Waals surface area contributed by atoms with Gasteiger partial charge in [0.15, 0.2) is 0 Å². The molecule has 0 atom stereocenters. The first-order chi connectivity index (χ1) is 10.6. The molecule has 6 heteroatoms. The number of carbonyl (C=O) groups excluding carboxylic acids is 1. The van der Waals surface area contributed by atoms with E-state index >= 15 is 0 Å². The first-order valence-electron chi connectivity index (χ1n) is 7.09. The van der Waals surface area contributed by atoms with Crippen molar-refractivity contribution in [3.63, 3.8) is 0 Å². The minimum Gasteiger partial charge on any atom is -0.368 e. The van der Waals surface area contributed by atoms with Crippen LogP contribution in [0, 0.1) is 0 Å². The molecule has 0 radical (unpaired) electrons. The van der Waals surface area contributed by atoms with Crippen molar-refractivity contribution in [2.75, 3.05) is 10.6 Å². The van der Waals surface area contributed by atoms with E-state index in [-0.39, 0.29) is 5.91 Å². The van der Waals surface area contributed by atoms with Gasteiger partial charge in [0, 0.05) is 23.3 Å². The molecule has 3 rings (SSSR count). The number of benzene rings is 1. The number of carbonyl (C=O) groups is 1. The number of amides is 1. The molecular weight excluding hydrogens is 278 g/mol. The summed E-state index contributed by atoms with van der Waals surface area (Å²) in [5, 5.41) is 13.9. The Bertz CT molecular complexity index is 792. The van der Waals surface area contributed by atoms with Crippen LogP contribution in [0.25, 0.3) is 10.9 Å². The minimum absolute atomic E-state index is 0.192. The lowest BCUT2D eigenvalue weighted by Crippen LogP contribution is -2.14. The molecule has 112 valence electrons. The number of pyridine rings is 1. The van der Waals surface area contributed by atoms with Crippen LogP contribution in [0.5, 0.6) is 0 Å². The SMILES string of the molecule is CC(C)Nc1ccc(C(=O)Nc2ccc3cn[nH]c3c2)cn1. The Hall–Kier alpha value is -2.89. The monoisotopic (exact) mass is 295 g/mol. The van der Waals surface area contributed by atoms with Crippen molar-refractivity contribution in [2.45, 2.75) is 19.9 Å². The van der Waals surface area contributed by atoms with Crippen molar-refractivity contribution in [1.29, 1.82) is 0 Å². The first-order valence-corrected chi connectivity index (χ1v) is 7.09. The summed E-state index contributed by atoms with van der Waals surface area (Å²) in [6.45, 7) is 4.07. The Morgan fingerprint density at radius 3 is 2.77 bits per heavy atom. The molecule has 0 spiro atoms. The molecule has 3 aromatic rings. The molecular formula is C16H17N5O. The molecule has 0 unspecified atom stereocenters. The molecule has 1 aromatic carbocycles. The number of rotatable bonds is 4. The summed E-state index contributed by atoms with van der Waals surface area (Å²) in [5.41, 5.74) is 2.11. The fourth-order valence-electron chi connectivity index (χ4n) is 2.13. The van der Waals surface area contributed by atoms with Gasteiger partial charge in [-0.25, -0.2) is 4.98 Å². The molecule has 0 aliphatic rings. The molecule has 0 saturated heterocycles. The number of fused-ring (bicyclic) bond motifs is 1. The zero-order chi connectivity index (χ0) is 15.5. The highest BCUT2D eigenvalue weighted by Gasteiger charge is 2.08. The van der Waals surface area contributed by atoms with Crippen LogP contribution in [-0.4, -0.2) is 27.1 Å². The van der Waals surface area contributed by atoms with Gasteiger partial charge in [-0.2, -0.15) is 5.10 Å². The van der Waals surface area contributed by atoms with E-state index in [0.29, 0.717) is 17.3 Å². The van der Waals surface area contributed by atoms with E-state index in [9.17, 15) is 4.79 Å². The van der Waals surface area contributed by atoms with E-state index in [2.05, 4.69) is 25.8 Å². The van der Waals surface area contributed by atoms with Crippen LogP contribution >= 0.6 is 0 Å². The van der Waals surface area contributed by atoms with Crippen LogP contribution in [0.1, 0.15) is 24.2 Å². The third-order valence-corrected chi connectivity index (χ3v) is 3.16. The van der Waals surface area contributed by atoms with E-state index < -0.39 is 0 Å². The summed E-state index contributed by atoms with van der Waals surface area (Å²) in [6, 6.07) is 9.45. The van der Waals surface area contributed by atoms with Crippen molar-refractivity contribution in [2.24, 2.45) is 0 Å². The second-order valence-corrected chi connectivity index (χ2v) is 5.36. The van der Waals surface area contributed by atoms with Gasteiger partial charge < -0.3 is 10.6 Å². The molecule has 2 heterocycles. The fourth-order valence-corrected chi connectivity index (χ4v) is 2.13. The number of aromatic nitrogens is 3. The molecule has 1 amide bonds. The van der Waals surface area contributed by atoms with Crippen molar-refractivity contribution < 1.29 is 4.79 Å². The number of aromatic amines is 1. The topological polar surface area (TPSA) is 82.7 Å². The van der Waals surface area contributed by atoms with Gasteiger partial charge >= 0.3 is 0 Å². The van der Waals surface area contributed by atoms with Gasteiger partial charge in [0.05, 0.1) is 17.3 Å². The quantitative estimate of drug-likeness (QED) is 0.691. The standard InChI is InChI=1S/C16H17N5O/c1-10(2)19-15-6-4-12(8-17-15)16(22)20-13-5-3-11-9-18-21-14(11)7-13/h3-10H,1-2H3,(H,17,19)(H,18,21)(H,20,22). The van der Waals surface area contributed by atoms with Gasteiger partial charge in [0.25, 0.3) is 5.91 Å². The summed E-state index contributed by atoms with van der Waals surface area (Å²) < 4.78 is 0. The Balaban J connectivity index is 1.73. The molecule has 6 nitrogen and oxygen atoms in total. The van der Waals surface area contributed by atoms with E-state index in [1.807, 2.05) is 32.0 Å². The highest BCUT2D eigenvalue weighted by atomic mass is 16.1. The molecule has 0 aliphatic carbocycles. The predicted molar refractivity (Wildman–Crippen MR) is 87.0 cm³/mol. The number of hydrogen-bond acceptors (Lipinski definition) is 4. The molecule has 22 heavy (non-hydrogen) atoms. The molecule has 0 fully saturated rings. The number of nitrogens with one attached hydrogen (secondary N) is 3. The van der Waals surface area contributed by atoms with Crippen LogP contribution in [-0.2, 0) is 0 Å². The average molecular weight is 295 g/mol. The molecule has 2 aromatic heterocycles. The normalized spacial score (nSPS) is 10.9. The Labute approximate surface area is 128 Å². The van der Waals surface area contributed by atoms with Crippen LogP contribution in [0.3, 0.4) is 0 Å². The second-order valence-electron chi connectivity index (χ2n) is 5.36. The number of hydrogen-bond donors (Lipinski definition) is 3. The molecule has 0 saturated carbocycles. The number of anilines is 2. The zero-order valence-corrected chi connectivity index (χ0v) is 12.4. The van der Waals surface area contributed by atoms with Gasteiger partial charge in [0.1, 0.15) is 5.82 Å². The highest BCUT2D eigenvalue weighted by molar-refractivity contribution is 6.04. The first kappa shape index (κ1) is 14.1. The van der Waals surface area contributed by atoms with Gasteiger partial charge in [0.2, 0.25) is 0 Å². The van der Waals surface area contributed by atoms with Crippen LogP contribution < -0.4 is 10.6 Å². The fraction of sp³-hybridized carbons (Fsp3) is 0.188. The Morgan fingerprint density at radius 1 is 1.18 bits per heavy atom. The minimum atomic E-state index is -0.192. The lowest BCUT2D eigenvalue weighted by atomic mass is 10.2. The van der Waals surface area contributed by atoms with Gasteiger partial charge in [-0.3, -0.25) is 9.89 Å². The van der Waals surface area contributed by atoms with Crippen LogP contribution in [0.15, 0.2) is 42.7 Å². The van der Waals surface area contributed by atoms with E-state index in [1.54, 1.807) is 24.5 Å². The summed E-state index contributed by atoms with van der Waals surface area (Å²) in [7, 11) is 0. The van der Waals surface area contributed by atoms with Gasteiger partial charge in [-0.05, 0) is 44.2 Å². The second kappa shape index (κ2) is 5.85. The highest BCUT2D eigenvalue weighted by Crippen LogP contribution is 2.17. The largest absolute Gasteiger partial charge is 0.368 e. The maximum absolute atomic E-state index is 12.2. The third-order valence-electron chi connectivity index (χ3n) is 3.16. The molecule has 3 N–H and O–H groups in total. The lowest BCUT2D eigenvalue weighted by molar-refractivity contribution is 0.102. The maximum Gasteiger partial charge on any atom is 0.257 e. The van der Waals surface area contributed by atoms with Crippen molar-refractivity contribution >= 4 is 28.3 Å². The summed E-state index contributed by atoms with van der Waals surface area (Å²) in [6.07, 6.45) is 3.31. The Kier molecular flexibility index (Phi) is 3.74. The van der Waals surface area contributed by atoms with Crippen molar-refractivity contribution in [3.8, 4) is 0 Å². The number of nitrogens with zero attached hydrogens (tertiary/aromatic N) is 2. The molecule has 0 bridgehead atoms. The third kappa shape index (κ3) is 3.06. The van der Waals surface area contributed by atoms with Crippen molar-refractivity contribution in [3.05, 3.63) is 48.3 Å². The maximum atomic E-state index is 12.2. The van der Waals surface area contributed by atoms with E-state index in [0.717, 1.165) is 16.7 Å².